The number of benzene rings is 2. The lowest BCUT2D eigenvalue weighted by Gasteiger charge is -2.30. The van der Waals surface area contributed by atoms with Crippen molar-refractivity contribution in [3.05, 3.63) is 70.3 Å². The Labute approximate surface area is 248 Å². The van der Waals surface area contributed by atoms with Crippen LogP contribution in [0.25, 0.3) is 0 Å². The minimum absolute atomic E-state index is 0.0301. The highest BCUT2D eigenvalue weighted by molar-refractivity contribution is 6.00. The van der Waals surface area contributed by atoms with E-state index in [2.05, 4.69) is 10.7 Å². The van der Waals surface area contributed by atoms with Gasteiger partial charge in [-0.15, -0.1) is 0 Å². The molecule has 42 heavy (non-hydrogen) atoms. The van der Waals surface area contributed by atoms with Gasteiger partial charge < -0.3 is 15.3 Å². The van der Waals surface area contributed by atoms with Crippen LogP contribution in [-0.4, -0.2) is 71.1 Å². The van der Waals surface area contributed by atoms with E-state index in [1.165, 1.54) is 6.07 Å². The van der Waals surface area contributed by atoms with Crippen molar-refractivity contribution in [3.63, 3.8) is 0 Å². The van der Waals surface area contributed by atoms with Crippen LogP contribution in [0.15, 0.2) is 36.4 Å². The number of aliphatic hydroxyl groups excluding tert-OH is 1. The maximum absolute atomic E-state index is 14.0. The Hall–Kier alpha value is -3.37. The second-order valence-electron chi connectivity index (χ2n) is 10.7. The molecule has 3 N–H and O–H groups in total. The smallest absolute Gasteiger partial charge is 0.253 e. The third-order valence-electron chi connectivity index (χ3n) is 6.85. The fourth-order valence-corrected chi connectivity index (χ4v) is 4.77. The number of nitrogens with one attached hydrogen (secondary N) is 2. The Balaban J connectivity index is 2.33. The molecule has 2 atom stereocenters. The molecule has 2 rings (SSSR count). The Morgan fingerprint density at radius 2 is 1.50 bits per heavy atom. The molecule has 0 saturated heterocycles. The van der Waals surface area contributed by atoms with Gasteiger partial charge in [-0.1, -0.05) is 34.1 Å². The fraction of sp³-hybridized carbons (Fsp3) is 0.531. The molecule has 0 unspecified atom stereocenters. The molecule has 0 aliphatic carbocycles. The summed E-state index contributed by atoms with van der Waals surface area (Å²) in [6, 6.07) is 7.01. The van der Waals surface area contributed by atoms with Crippen LogP contribution in [0.1, 0.15) is 91.6 Å². The number of rotatable bonds is 17. The zero-order chi connectivity index (χ0) is 31.2. The molecule has 3 amide bonds. The summed E-state index contributed by atoms with van der Waals surface area (Å²) >= 11 is 0. The summed E-state index contributed by atoms with van der Waals surface area (Å²) in [6.45, 7) is 11.1. The van der Waals surface area contributed by atoms with Gasteiger partial charge in [-0.2, -0.15) is 0 Å². The van der Waals surface area contributed by atoms with E-state index in [1.807, 2.05) is 27.7 Å². The summed E-state index contributed by atoms with van der Waals surface area (Å²) in [4.78, 5) is 40.8. The van der Waals surface area contributed by atoms with Crippen LogP contribution >= 0.6 is 0 Å². The monoisotopic (exact) mass is 588 g/mol. The zero-order valence-electron chi connectivity index (χ0n) is 25.5. The van der Waals surface area contributed by atoms with Gasteiger partial charge in [-0.25, -0.2) is 13.8 Å². The van der Waals surface area contributed by atoms with Gasteiger partial charge in [0.15, 0.2) is 0 Å². The van der Waals surface area contributed by atoms with Gasteiger partial charge in [0.05, 0.1) is 12.1 Å². The number of hydrogen-bond acceptors (Lipinski definition) is 5. The maximum Gasteiger partial charge on any atom is 0.253 e. The first kappa shape index (κ1) is 34.8. The van der Waals surface area contributed by atoms with Crippen molar-refractivity contribution in [3.8, 4) is 0 Å². The van der Waals surface area contributed by atoms with E-state index in [4.69, 9.17) is 0 Å². The van der Waals surface area contributed by atoms with Crippen LogP contribution < -0.4 is 10.7 Å². The number of nitrogens with zero attached hydrogens (tertiary/aromatic N) is 2. The third-order valence-corrected chi connectivity index (χ3v) is 6.85. The standard InChI is InChI=1S/C32H46F2N4O4/c1-6-10-11-30(40)36-38(9-4)21-29(39)28(18-23-16-26(33)20-27(34)17-23)35-31(41)24-14-22(5)15-25(19-24)32(42)37(12-7-2)13-8-3/h14-17,19-20,28-29,39H,6-13,18,21H2,1-5H3,(H,35,41)(H,36,40)/t28-,29-/m0/s1. The van der Waals surface area contributed by atoms with Crippen LogP contribution in [0.2, 0.25) is 0 Å². The van der Waals surface area contributed by atoms with Crippen molar-refractivity contribution in [2.24, 2.45) is 0 Å². The zero-order valence-corrected chi connectivity index (χ0v) is 25.5. The molecule has 2 aromatic rings. The number of aliphatic hydroxyl groups is 1. The van der Waals surface area contributed by atoms with Crippen LogP contribution in [0.4, 0.5) is 8.78 Å². The summed E-state index contributed by atoms with van der Waals surface area (Å²) in [5.41, 5.74) is 4.36. The molecule has 0 aromatic heterocycles. The number of unbranched alkanes of at least 4 members (excludes halogenated alkanes) is 1. The highest BCUT2D eigenvalue weighted by Crippen LogP contribution is 2.16. The number of carbonyl (C=O) groups excluding carboxylic acids is 3. The van der Waals surface area contributed by atoms with E-state index in [-0.39, 0.29) is 35.9 Å². The predicted molar refractivity (Wildman–Crippen MR) is 160 cm³/mol. The molecule has 0 aliphatic rings. The van der Waals surface area contributed by atoms with Gasteiger partial charge in [-0.05, 0) is 74.1 Å². The summed E-state index contributed by atoms with van der Waals surface area (Å²) in [6.07, 6.45) is 2.27. The van der Waals surface area contributed by atoms with Crippen LogP contribution in [0, 0.1) is 18.6 Å². The van der Waals surface area contributed by atoms with E-state index >= 15 is 0 Å². The molecule has 0 saturated carbocycles. The summed E-state index contributed by atoms with van der Waals surface area (Å²) in [7, 11) is 0. The SMILES string of the molecule is CCCCC(=O)NN(CC)C[C@H](O)[C@H](Cc1cc(F)cc(F)c1)NC(=O)c1cc(C)cc(C(=O)N(CCC)CCC)c1. The van der Waals surface area contributed by atoms with Gasteiger partial charge in [0.2, 0.25) is 5.91 Å². The lowest BCUT2D eigenvalue weighted by atomic mass is 9.99. The molecule has 8 nitrogen and oxygen atoms in total. The van der Waals surface area contributed by atoms with Gasteiger partial charge in [-0.3, -0.25) is 19.8 Å². The minimum Gasteiger partial charge on any atom is -0.390 e. The second kappa shape index (κ2) is 17.6. The lowest BCUT2D eigenvalue weighted by Crippen LogP contribution is -2.53. The Morgan fingerprint density at radius 3 is 2.07 bits per heavy atom. The fourth-order valence-electron chi connectivity index (χ4n) is 4.77. The first-order valence-corrected chi connectivity index (χ1v) is 14.9. The third kappa shape index (κ3) is 11.1. The van der Waals surface area contributed by atoms with E-state index in [9.17, 15) is 28.3 Å². The molecule has 232 valence electrons. The van der Waals surface area contributed by atoms with Crippen LogP contribution in [0.5, 0.6) is 0 Å². The normalized spacial score (nSPS) is 12.6. The molecular formula is C32H46F2N4O4. The average Bonchev–Trinajstić information content (AvgIpc) is 2.93. The first-order chi connectivity index (χ1) is 20.0. The Kier molecular flexibility index (Phi) is 14.6. The number of halogens is 2. The average molecular weight is 589 g/mol. The van der Waals surface area contributed by atoms with E-state index < -0.39 is 29.7 Å². The highest BCUT2D eigenvalue weighted by atomic mass is 19.1. The highest BCUT2D eigenvalue weighted by Gasteiger charge is 2.26. The molecule has 10 heteroatoms. The topological polar surface area (TPSA) is 102 Å². The predicted octanol–water partition coefficient (Wildman–Crippen LogP) is 4.78. The Morgan fingerprint density at radius 1 is 0.881 bits per heavy atom. The summed E-state index contributed by atoms with van der Waals surface area (Å²) < 4.78 is 27.9. The van der Waals surface area contributed by atoms with E-state index in [0.29, 0.717) is 31.6 Å². The van der Waals surface area contributed by atoms with Gasteiger partial charge in [0, 0.05) is 49.8 Å². The second-order valence-corrected chi connectivity index (χ2v) is 10.7. The van der Waals surface area contributed by atoms with E-state index in [1.54, 1.807) is 29.0 Å². The molecule has 2 aromatic carbocycles. The maximum atomic E-state index is 14.0. The summed E-state index contributed by atoms with van der Waals surface area (Å²) in [5.74, 6) is -2.43. The number of carbonyl (C=O) groups is 3. The van der Waals surface area contributed by atoms with Gasteiger partial charge >= 0.3 is 0 Å². The molecule has 0 fully saturated rings. The van der Waals surface area contributed by atoms with Crippen molar-refractivity contribution >= 4 is 17.7 Å². The number of amides is 3. The first-order valence-electron chi connectivity index (χ1n) is 14.9. The quantitative estimate of drug-likeness (QED) is 0.231. The van der Waals surface area contributed by atoms with Crippen molar-refractivity contribution in [1.82, 2.24) is 20.7 Å². The molecule has 0 bridgehead atoms. The van der Waals surface area contributed by atoms with Gasteiger partial charge in [0.1, 0.15) is 11.6 Å². The molecule has 0 heterocycles. The van der Waals surface area contributed by atoms with Crippen molar-refractivity contribution < 1.29 is 28.3 Å². The molecule has 0 spiro atoms. The number of hydrazine groups is 1. The van der Waals surface area contributed by atoms with Crippen molar-refractivity contribution in [1.29, 1.82) is 0 Å². The van der Waals surface area contributed by atoms with Crippen LogP contribution in [-0.2, 0) is 11.2 Å². The molecular weight excluding hydrogens is 542 g/mol. The van der Waals surface area contributed by atoms with Crippen LogP contribution in [0.3, 0.4) is 0 Å². The number of aryl methyl sites for hydroxylation is 1. The minimum atomic E-state index is -1.21. The van der Waals surface area contributed by atoms with Crippen molar-refractivity contribution in [2.75, 3.05) is 26.2 Å². The Bertz CT molecular complexity index is 1170. The van der Waals surface area contributed by atoms with Crippen molar-refractivity contribution in [2.45, 2.75) is 85.3 Å². The largest absolute Gasteiger partial charge is 0.390 e. The lowest BCUT2D eigenvalue weighted by molar-refractivity contribution is -0.126. The molecule has 0 radical (unpaired) electrons. The van der Waals surface area contributed by atoms with E-state index in [0.717, 1.165) is 49.4 Å². The number of hydrogen-bond donors (Lipinski definition) is 3. The van der Waals surface area contributed by atoms with Gasteiger partial charge in [0.25, 0.3) is 11.8 Å². The number of likely N-dealkylation sites (N-methyl/N-ethyl adjacent to an activating group) is 1. The molecule has 0 aliphatic heterocycles. The summed E-state index contributed by atoms with van der Waals surface area (Å²) in [5, 5.41) is 15.6.